The molecule has 0 aliphatic heterocycles. The van der Waals surface area contributed by atoms with Crippen molar-refractivity contribution in [1.82, 2.24) is 0 Å². The van der Waals surface area contributed by atoms with Crippen molar-refractivity contribution in [1.29, 1.82) is 0 Å². The molecule has 0 aromatic heterocycles. The quantitative estimate of drug-likeness (QED) is 0.731. The minimum Gasteiger partial charge on any atom is -0.294 e. The summed E-state index contributed by atoms with van der Waals surface area (Å²) in [6.07, 6.45) is 1.90. The van der Waals surface area contributed by atoms with Crippen LogP contribution in [0.2, 0.25) is 10.0 Å². The summed E-state index contributed by atoms with van der Waals surface area (Å²) >= 11 is 11.8. The first-order chi connectivity index (χ1) is 7.00. The maximum Gasteiger partial charge on any atom is 0.160 e. The second kappa shape index (κ2) is 5.34. The van der Waals surface area contributed by atoms with Gasteiger partial charge in [-0.25, -0.2) is 0 Å². The number of benzene rings is 1. The van der Waals surface area contributed by atoms with Gasteiger partial charge in [-0.3, -0.25) is 4.79 Å². The van der Waals surface area contributed by atoms with Crippen LogP contribution in [0.15, 0.2) is 29.8 Å². The van der Waals surface area contributed by atoms with Gasteiger partial charge in [0.15, 0.2) is 5.78 Å². The number of allylic oxidation sites excluding steroid dienone is 2. The number of carbonyl (C=O) groups is 1. The fourth-order valence-electron chi connectivity index (χ4n) is 1.25. The maximum atomic E-state index is 11.5. The van der Waals surface area contributed by atoms with Crippen LogP contribution in [-0.2, 0) is 11.2 Å². The van der Waals surface area contributed by atoms with Crippen LogP contribution >= 0.6 is 23.2 Å². The Morgan fingerprint density at radius 1 is 1.33 bits per heavy atom. The monoisotopic (exact) mass is 242 g/mol. The third-order valence-corrected chi connectivity index (χ3v) is 2.70. The van der Waals surface area contributed by atoms with Crippen molar-refractivity contribution in [3.63, 3.8) is 0 Å². The van der Waals surface area contributed by atoms with E-state index in [4.69, 9.17) is 23.2 Å². The Morgan fingerprint density at radius 3 is 2.60 bits per heavy atom. The summed E-state index contributed by atoms with van der Waals surface area (Å²) in [7, 11) is 0. The van der Waals surface area contributed by atoms with Crippen LogP contribution in [0.1, 0.15) is 19.4 Å². The number of ketones is 1. The molecule has 0 saturated carbocycles. The van der Waals surface area contributed by atoms with Crippen LogP contribution in [0.3, 0.4) is 0 Å². The molecule has 0 unspecified atom stereocenters. The Bertz CT molecular complexity index is 404. The van der Waals surface area contributed by atoms with Crippen LogP contribution in [0, 0.1) is 0 Å². The molecule has 3 heteroatoms. The molecule has 0 spiro atoms. The van der Waals surface area contributed by atoms with Gasteiger partial charge in [0.25, 0.3) is 0 Å². The molecule has 0 fully saturated rings. The first-order valence-corrected chi connectivity index (χ1v) is 5.37. The topological polar surface area (TPSA) is 17.1 Å². The number of hydrogen-bond donors (Lipinski definition) is 0. The average Bonchev–Trinajstić information content (AvgIpc) is 2.11. The van der Waals surface area contributed by atoms with Gasteiger partial charge in [0.1, 0.15) is 0 Å². The first kappa shape index (κ1) is 12.3. The lowest BCUT2D eigenvalue weighted by Crippen LogP contribution is -2.00. The van der Waals surface area contributed by atoms with Crippen LogP contribution in [-0.4, -0.2) is 5.78 Å². The highest BCUT2D eigenvalue weighted by Crippen LogP contribution is 2.25. The molecule has 1 aromatic carbocycles. The van der Waals surface area contributed by atoms with E-state index in [9.17, 15) is 4.79 Å². The number of carbonyl (C=O) groups excluding carboxylic acids is 1. The Morgan fingerprint density at radius 2 is 2.00 bits per heavy atom. The number of hydrogen-bond acceptors (Lipinski definition) is 1. The standard InChI is InChI=1S/C12H12Cl2O/c1-8(2)6-10(15)7-9-4-3-5-11(13)12(9)14/h3-6H,7H2,1-2H3. The van der Waals surface area contributed by atoms with Gasteiger partial charge in [-0.2, -0.15) is 0 Å². The van der Waals surface area contributed by atoms with Gasteiger partial charge < -0.3 is 0 Å². The first-order valence-electron chi connectivity index (χ1n) is 4.61. The molecule has 0 atom stereocenters. The molecule has 1 rings (SSSR count). The second-order valence-electron chi connectivity index (χ2n) is 3.58. The highest BCUT2D eigenvalue weighted by molar-refractivity contribution is 6.42. The number of halogens is 2. The summed E-state index contributed by atoms with van der Waals surface area (Å²) in [6, 6.07) is 5.31. The molecule has 0 N–H and O–H groups in total. The normalized spacial score (nSPS) is 9.87. The maximum absolute atomic E-state index is 11.5. The van der Waals surface area contributed by atoms with Crippen molar-refractivity contribution in [2.24, 2.45) is 0 Å². The zero-order chi connectivity index (χ0) is 11.4. The molecule has 0 bridgehead atoms. The Labute approximate surface area is 99.7 Å². The fraction of sp³-hybridized carbons (Fsp3) is 0.250. The predicted molar refractivity (Wildman–Crippen MR) is 64.6 cm³/mol. The van der Waals surface area contributed by atoms with E-state index in [-0.39, 0.29) is 5.78 Å². The molecule has 0 aliphatic rings. The van der Waals surface area contributed by atoms with E-state index in [1.165, 1.54) is 0 Å². The third kappa shape index (κ3) is 3.69. The largest absolute Gasteiger partial charge is 0.294 e. The lowest BCUT2D eigenvalue weighted by molar-refractivity contribution is -0.114. The Hall–Kier alpha value is -0.790. The van der Waals surface area contributed by atoms with E-state index in [2.05, 4.69) is 0 Å². The molecule has 0 heterocycles. The SMILES string of the molecule is CC(C)=CC(=O)Cc1cccc(Cl)c1Cl. The molecule has 0 amide bonds. The van der Waals surface area contributed by atoms with Gasteiger partial charge in [0.2, 0.25) is 0 Å². The third-order valence-electron chi connectivity index (χ3n) is 1.85. The van der Waals surface area contributed by atoms with Crippen molar-refractivity contribution in [3.05, 3.63) is 45.5 Å². The molecule has 1 aromatic rings. The highest BCUT2D eigenvalue weighted by Gasteiger charge is 2.07. The lowest BCUT2D eigenvalue weighted by atomic mass is 10.1. The smallest absolute Gasteiger partial charge is 0.160 e. The summed E-state index contributed by atoms with van der Waals surface area (Å²) in [6.45, 7) is 3.77. The summed E-state index contributed by atoms with van der Waals surface area (Å²) in [4.78, 5) is 11.5. The minimum atomic E-state index is 0.0409. The zero-order valence-electron chi connectivity index (χ0n) is 8.68. The van der Waals surface area contributed by atoms with E-state index in [0.717, 1.165) is 11.1 Å². The summed E-state index contributed by atoms with van der Waals surface area (Å²) in [5, 5.41) is 0.953. The molecule has 80 valence electrons. The van der Waals surface area contributed by atoms with E-state index < -0.39 is 0 Å². The van der Waals surface area contributed by atoms with Crippen molar-refractivity contribution in [2.45, 2.75) is 20.3 Å². The average molecular weight is 243 g/mol. The summed E-state index contributed by atoms with van der Waals surface area (Å²) in [5.41, 5.74) is 1.75. The Kier molecular flexibility index (Phi) is 4.37. The van der Waals surface area contributed by atoms with Crippen molar-refractivity contribution >= 4 is 29.0 Å². The van der Waals surface area contributed by atoms with Gasteiger partial charge in [-0.1, -0.05) is 40.9 Å². The molecule has 0 radical (unpaired) electrons. The summed E-state index contributed by atoms with van der Waals surface area (Å²) < 4.78 is 0. The molecule has 1 nitrogen and oxygen atoms in total. The lowest BCUT2D eigenvalue weighted by Gasteiger charge is -2.03. The van der Waals surface area contributed by atoms with E-state index in [1.807, 2.05) is 19.9 Å². The van der Waals surface area contributed by atoms with Crippen molar-refractivity contribution < 1.29 is 4.79 Å². The van der Waals surface area contributed by atoms with E-state index >= 15 is 0 Å². The fourth-order valence-corrected chi connectivity index (χ4v) is 1.63. The molecular formula is C12H12Cl2O. The van der Waals surface area contributed by atoms with E-state index in [1.54, 1.807) is 18.2 Å². The molecule has 15 heavy (non-hydrogen) atoms. The molecule has 0 aliphatic carbocycles. The van der Waals surface area contributed by atoms with Gasteiger partial charge >= 0.3 is 0 Å². The van der Waals surface area contributed by atoms with Gasteiger partial charge in [0, 0.05) is 6.42 Å². The predicted octanol–water partition coefficient (Wildman–Crippen LogP) is 4.07. The van der Waals surface area contributed by atoms with Gasteiger partial charge in [0.05, 0.1) is 10.0 Å². The highest BCUT2D eigenvalue weighted by atomic mass is 35.5. The molecule has 0 saturated heterocycles. The second-order valence-corrected chi connectivity index (χ2v) is 4.36. The Balaban J connectivity index is 2.86. The van der Waals surface area contributed by atoms with Gasteiger partial charge in [-0.05, 0) is 31.6 Å². The summed E-state index contributed by atoms with van der Waals surface area (Å²) in [5.74, 6) is 0.0409. The van der Waals surface area contributed by atoms with Gasteiger partial charge in [-0.15, -0.1) is 0 Å². The van der Waals surface area contributed by atoms with Crippen LogP contribution in [0.5, 0.6) is 0 Å². The van der Waals surface area contributed by atoms with Crippen LogP contribution in [0.25, 0.3) is 0 Å². The van der Waals surface area contributed by atoms with Crippen molar-refractivity contribution in [2.75, 3.05) is 0 Å². The van der Waals surface area contributed by atoms with Crippen LogP contribution < -0.4 is 0 Å². The van der Waals surface area contributed by atoms with E-state index in [0.29, 0.717) is 16.5 Å². The van der Waals surface area contributed by atoms with Crippen LogP contribution in [0.4, 0.5) is 0 Å². The zero-order valence-corrected chi connectivity index (χ0v) is 10.2. The molecular weight excluding hydrogens is 231 g/mol. The number of rotatable bonds is 3. The van der Waals surface area contributed by atoms with Crippen molar-refractivity contribution in [3.8, 4) is 0 Å². The minimum absolute atomic E-state index is 0.0409.